The summed E-state index contributed by atoms with van der Waals surface area (Å²) in [6, 6.07) is -0.758. The van der Waals surface area contributed by atoms with Crippen LogP contribution in [0.25, 0.3) is 0 Å². The van der Waals surface area contributed by atoms with Crippen LogP contribution in [0, 0.1) is 0 Å². The van der Waals surface area contributed by atoms with E-state index in [4.69, 9.17) is 5.11 Å². The van der Waals surface area contributed by atoms with Crippen LogP contribution in [-0.2, 0) is 14.3 Å². The minimum atomic E-state index is -1.54. The minimum Gasteiger partial charge on any atom is -0.480 e. The molecule has 0 spiro atoms. The molecule has 1 heterocycles. The van der Waals surface area contributed by atoms with Crippen molar-refractivity contribution in [2.24, 2.45) is 0 Å². The summed E-state index contributed by atoms with van der Waals surface area (Å²) in [5.74, 6) is -3.31. The van der Waals surface area contributed by atoms with E-state index in [9.17, 15) is 24.0 Å². The maximum atomic E-state index is 11.7. The normalized spacial score (nSPS) is 11.4. The molecule has 0 radical (unpaired) electrons. The summed E-state index contributed by atoms with van der Waals surface area (Å²) in [4.78, 5) is 59.4. The van der Waals surface area contributed by atoms with Gasteiger partial charge in [0.25, 0.3) is 11.5 Å². The molecule has 1 aromatic rings. The Morgan fingerprint density at radius 2 is 2.00 bits per heavy atom. The molecule has 108 valence electrons. The third-order valence-electron chi connectivity index (χ3n) is 2.21. The lowest BCUT2D eigenvalue weighted by Gasteiger charge is -2.12. The van der Waals surface area contributed by atoms with Gasteiger partial charge in [0.2, 0.25) is 0 Å². The molecule has 0 aromatic carbocycles. The highest BCUT2D eigenvalue weighted by Gasteiger charge is 2.24. The maximum absolute atomic E-state index is 11.7. The zero-order chi connectivity index (χ0) is 15.3. The highest BCUT2D eigenvalue weighted by molar-refractivity contribution is 5.95. The van der Waals surface area contributed by atoms with Gasteiger partial charge in [0.1, 0.15) is 11.7 Å². The number of ether oxygens (including phenoxy) is 1. The predicted octanol–water partition coefficient (Wildman–Crippen LogP) is -2.19. The first-order valence-electron chi connectivity index (χ1n) is 5.27. The zero-order valence-corrected chi connectivity index (χ0v) is 10.3. The topological polar surface area (TPSA) is 158 Å². The molecule has 10 heteroatoms. The molecule has 0 aliphatic carbocycles. The predicted molar refractivity (Wildman–Crippen MR) is 63.2 cm³/mol. The van der Waals surface area contributed by atoms with E-state index in [2.05, 4.69) is 4.74 Å². The van der Waals surface area contributed by atoms with Crippen LogP contribution < -0.4 is 16.6 Å². The second-order valence-corrected chi connectivity index (χ2v) is 3.65. The van der Waals surface area contributed by atoms with Crippen molar-refractivity contribution in [1.29, 1.82) is 0 Å². The third-order valence-corrected chi connectivity index (χ3v) is 2.21. The molecule has 0 unspecified atom stereocenters. The van der Waals surface area contributed by atoms with Gasteiger partial charge < -0.3 is 20.1 Å². The number of carbonyl (C=O) groups excluding carboxylic acids is 2. The van der Waals surface area contributed by atoms with Crippen LogP contribution in [0.3, 0.4) is 0 Å². The number of hydrogen-bond acceptors (Lipinski definition) is 6. The lowest BCUT2D eigenvalue weighted by molar-refractivity contribution is -0.147. The quantitative estimate of drug-likeness (QED) is 0.447. The van der Waals surface area contributed by atoms with E-state index < -0.39 is 47.3 Å². The molecule has 1 atom stereocenters. The summed E-state index contributed by atoms with van der Waals surface area (Å²) >= 11 is 0. The number of H-pyrrole nitrogens is 2. The van der Waals surface area contributed by atoms with E-state index in [1.165, 1.54) is 0 Å². The number of esters is 1. The van der Waals surface area contributed by atoms with Crippen molar-refractivity contribution < 1.29 is 24.2 Å². The lowest BCUT2D eigenvalue weighted by Crippen LogP contribution is -2.43. The molecule has 0 fully saturated rings. The van der Waals surface area contributed by atoms with E-state index in [0.717, 1.165) is 13.2 Å². The van der Waals surface area contributed by atoms with Gasteiger partial charge in [0, 0.05) is 6.07 Å². The fraction of sp³-hybridized carbons (Fsp3) is 0.300. The highest BCUT2D eigenvalue weighted by atomic mass is 16.5. The molecule has 4 N–H and O–H groups in total. The van der Waals surface area contributed by atoms with E-state index in [0.29, 0.717) is 0 Å². The van der Waals surface area contributed by atoms with E-state index in [1.807, 2.05) is 15.3 Å². The molecule has 0 aliphatic heterocycles. The molecule has 1 aromatic heterocycles. The van der Waals surface area contributed by atoms with Crippen molar-refractivity contribution in [2.75, 3.05) is 7.11 Å². The Kier molecular flexibility index (Phi) is 4.78. The Balaban J connectivity index is 2.90. The van der Waals surface area contributed by atoms with Crippen molar-refractivity contribution in [3.8, 4) is 0 Å². The van der Waals surface area contributed by atoms with Crippen LogP contribution in [0.4, 0.5) is 0 Å². The summed E-state index contributed by atoms with van der Waals surface area (Å²) in [6.07, 6.45) is -0.592. The SMILES string of the molecule is COC(=O)C[C@H](NC(=O)c1cc(=O)[nH]c(=O)[nH]1)C(=O)O. The average molecular weight is 285 g/mol. The van der Waals surface area contributed by atoms with Crippen molar-refractivity contribution in [1.82, 2.24) is 15.3 Å². The minimum absolute atomic E-state index is 0.421. The van der Waals surface area contributed by atoms with Gasteiger partial charge in [-0.2, -0.15) is 0 Å². The number of hydrogen-bond donors (Lipinski definition) is 4. The first-order valence-corrected chi connectivity index (χ1v) is 5.27. The second kappa shape index (κ2) is 6.31. The van der Waals surface area contributed by atoms with Crippen LogP contribution >= 0.6 is 0 Å². The van der Waals surface area contributed by atoms with Crippen LogP contribution in [0.2, 0.25) is 0 Å². The van der Waals surface area contributed by atoms with Crippen molar-refractivity contribution in [2.45, 2.75) is 12.5 Å². The van der Waals surface area contributed by atoms with Crippen molar-refractivity contribution >= 4 is 17.8 Å². The molecule has 0 saturated heterocycles. The number of carbonyl (C=O) groups is 3. The molecule has 0 saturated carbocycles. The van der Waals surface area contributed by atoms with Crippen LogP contribution in [0.1, 0.15) is 16.9 Å². The van der Waals surface area contributed by atoms with E-state index in [1.54, 1.807) is 0 Å². The number of aromatic nitrogens is 2. The molecule has 1 amide bonds. The maximum Gasteiger partial charge on any atom is 0.326 e. The standard InChI is InChI=1S/C10H11N3O7/c1-20-7(15)3-5(9(17)18)11-8(16)4-2-6(14)13-10(19)12-4/h2,5H,3H2,1H3,(H,11,16)(H,17,18)(H2,12,13,14,19)/t5-/m0/s1. The Morgan fingerprint density at radius 3 is 2.50 bits per heavy atom. The number of nitrogens with one attached hydrogen (secondary N) is 3. The van der Waals surface area contributed by atoms with E-state index in [-0.39, 0.29) is 0 Å². The van der Waals surface area contributed by atoms with Gasteiger partial charge in [-0.25, -0.2) is 9.59 Å². The van der Waals surface area contributed by atoms with Gasteiger partial charge in [-0.15, -0.1) is 0 Å². The lowest BCUT2D eigenvalue weighted by atomic mass is 10.2. The van der Waals surface area contributed by atoms with Gasteiger partial charge >= 0.3 is 17.6 Å². The fourth-order valence-corrected chi connectivity index (χ4v) is 1.28. The molecular weight excluding hydrogens is 274 g/mol. The van der Waals surface area contributed by atoms with Gasteiger partial charge in [0.05, 0.1) is 13.5 Å². The summed E-state index contributed by atoms with van der Waals surface area (Å²) in [5.41, 5.74) is -2.16. The summed E-state index contributed by atoms with van der Waals surface area (Å²) < 4.78 is 4.29. The van der Waals surface area contributed by atoms with Crippen LogP contribution in [0.5, 0.6) is 0 Å². The number of rotatable bonds is 5. The second-order valence-electron chi connectivity index (χ2n) is 3.65. The Labute approximate surface area is 110 Å². The highest BCUT2D eigenvalue weighted by Crippen LogP contribution is 1.97. The molecule has 1 rings (SSSR count). The molecule has 0 aliphatic rings. The number of aromatic amines is 2. The van der Waals surface area contributed by atoms with Gasteiger partial charge in [-0.05, 0) is 0 Å². The average Bonchev–Trinajstić information content (AvgIpc) is 2.36. The van der Waals surface area contributed by atoms with Crippen molar-refractivity contribution in [3.05, 3.63) is 32.6 Å². The summed E-state index contributed by atoms with van der Waals surface area (Å²) in [5, 5.41) is 10.9. The molecule has 10 nitrogen and oxygen atoms in total. The molecule has 20 heavy (non-hydrogen) atoms. The Bertz CT molecular complexity index is 616. The van der Waals surface area contributed by atoms with Crippen LogP contribution in [-0.4, -0.2) is 46.1 Å². The summed E-state index contributed by atoms with van der Waals surface area (Å²) in [6.45, 7) is 0. The number of carboxylic acids is 1. The zero-order valence-electron chi connectivity index (χ0n) is 10.3. The Morgan fingerprint density at radius 1 is 1.35 bits per heavy atom. The first-order chi connectivity index (χ1) is 9.33. The monoisotopic (exact) mass is 285 g/mol. The number of methoxy groups -OCH3 is 1. The summed E-state index contributed by atoms with van der Waals surface area (Å²) in [7, 11) is 1.07. The fourth-order valence-electron chi connectivity index (χ4n) is 1.28. The number of carboxylic acid groups (broad SMARTS) is 1. The Hall–Kier alpha value is -2.91. The number of aliphatic carboxylic acids is 1. The van der Waals surface area contributed by atoms with Gasteiger partial charge in [0.15, 0.2) is 0 Å². The van der Waals surface area contributed by atoms with Gasteiger partial charge in [-0.1, -0.05) is 0 Å². The molecular formula is C10H11N3O7. The molecule has 0 bridgehead atoms. The third kappa shape index (κ3) is 4.08. The first kappa shape index (κ1) is 15.1. The van der Waals surface area contributed by atoms with Gasteiger partial charge in [-0.3, -0.25) is 19.4 Å². The van der Waals surface area contributed by atoms with Crippen molar-refractivity contribution in [3.63, 3.8) is 0 Å². The van der Waals surface area contributed by atoms with Crippen LogP contribution in [0.15, 0.2) is 15.7 Å². The smallest absolute Gasteiger partial charge is 0.326 e. The van der Waals surface area contributed by atoms with E-state index >= 15 is 0 Å². The number of amides is 1. The largest absolute Gasteiger partial charge is 0.480 e.